The van der Waals surface area contributed by atoms with Crippen molar-refractivity contribution in [2.45, 2.75) is 26.4 Å². The average molecular weight is 247 g/mol. The molecule has 1 atom stereocenters. The van der Waals surface area contributed by atoms with E-state index < -0.39 is 23.1 Å². The van der Waals surface area contributed by atoms with E-state index in [4.69, 9.17) is 0 Å². The van der Waals surface area contributed by atoms with Gasteiger partial charge in [0.15, 0.2) is 17.5 Å². The SMILES string of the molecule is CC(C)C(C)(O)CNc1cc(F)c(F)c(F)c1. The van der Waals surface area contributed by atoms with Crippen molar-refractivity contribution in [3.63, 3.8) is 0 Å². The van der Waals surface area contributed by atoms with Gasteiger partial charge in [-0.1, -0.05) is 13.8 Å². The molecule has 17 heavy (non-hydrogen) atoms. The number of nitrogens with one attached hydrogen (secondary N) is 1. The summed E-state index contributed by atoms with van der Waals surface area (Å²) in [7, 11) is 0. The number of hydrogen-bond donors (Lipinski definition) is 2. The average Bonchev–Trinajstić information content (AvgIpc) is 2.22. The molecule has 1 aromatic rings. The first kappa shape index (κ1) is 13.8. The monoisotopic (exact) mass is 247 g/mol. The van der Waals surface area contributed by atoms with E-state index in [0.717, 1.165) is 12.1 Å². The number of benzene rings is 1. The van der Waals surface area contributed by atoms with Crippen LogP contribution in [-0.2, 0) is 0 Å². The molecule has 0 saturated heterocycles. The summed E-state index contributed by atoms with van der Waals surface area (Å²) in [4.78, 5) is 0. The smallest absolute Gasteiger partial charge is 0.194 e. The van der Waals surface area contributed by atoms with Gasteiger partial charge in [0.25, 0.3) is 0 Å². The summed E-state index contributed by atoms with van der Waals surface area (Å²) in [6.45, 7) is 5.39. The molecule has 0 heterocycles. The van der Waals surface area contributed by atoms with Crippen LogP contribution in [0.25, 0.3) is 0 Å². The highest BCUT2D eigenvalue weighted by atomic mass is 19.2. The van der Waals surface area contributed by atoms with E-state index in [1.807, 2.05) is 13.8 Å². The molecule has 0 amide bonds. The zero-order valence-corrected chi connectivity index (χ0v) is 10.0. The summed E-state index contributed by atoms with van der Waals surface area (Å²) in [5, 5.41) is 12.6. The molecule has 0 saturated carbocycles. The molecule has 0 aliphatic carbocycles. The summed E-state index contributed by atoms with van der Waals surface area (Å²) < 4.78 is 38.5. The van der Waals surface area contributed by atoms with E-state index in [1.54, 1.807) is 6.92 Å². The van der Waals surface area contributed by atoms with Crippen molar-refractivity contribution in [3.8, 4) is 0 Å². The fourth-order valence-corrected chi connectivity index (χ4v) is 1.14. The Balaban J connectivity index is 2.77. The molecule has 0 bridgehead atoms. The van der Waals surface area contributed by atoms with Crippen molar-refractivity contribution < 1.29 is 18.3 Å². The molecule has 0 aliphatic heterocycles. The first-order chi connectivity index (χ1) is 7.74. The zero-order chi connectivity index (χ0) is 13.2. The van der Waals surface area contributed by atoms with Gasteiger partial charge in [-0.25, -0.2) is 13.2 Å². The van der Waals surface area contributed by atoms with Crippen LogP contribution in [0.15, 0.2) is 12.1 Å². The molecule has 1 rings (SSSR count). The van der Waals surface area contributed by atoms with Crippen LogP contribution in [0.2, 0.25) is 0 Å². The predicted octanol–water partition coefficient (Wildman–Crippen LogP) is 2.92. The van der Waals surface area contributed by atoms with Crippen molar-refractivity contribution in [1.29, 1.82) is 0 Å². The Hall–Kier alpha value is -1.23. The number of anilines is 1. The summed E-state index contributed by atoms with van der Waals surface area (Å²) in [6.07, 6.45) is 0. The minimum Gasteiger partial charge on any atom is -0.388 e. The van der Waals surface area contributed by atoms with E-state index in [2.05, 4.69) is 5.32 Å². The Kier molecular flexibility index (Phi) is 4.03. The van der Waals surface area contributed by atoms with Gasteiger partial charge < -0.3 is 10.4 Å². The number of aliphatic hydroxyl groups is 1. The molecule has 2 nitrogen and oxygen atoms in total. The summed E-state index contributed by atoms with van der Waals surface area (Å²) in [5.41, 5.74) is -0.913. The quantitative estimate of drug-likeness (QED) is 0.802. The van der Waals surface area contributed by atoms with Crippen molar-refractivity contribution >= 4 is 5.69 Å². The summed E-state index contributed by atoms with van der Waals surface area (Å²) >= 11 is 0. The van der Waals surface area contributed by atoms with Crippen LogP contribution in [-0.4, -0.2) is 17.3 Å². The van der Waals surface area contributed by atoms with Crippen LogP contribution in [0.4, 0.5) is 18.9 Å². The molecule has 1 aromatic carbocycles. The van der Waals surface area contributed by atoms with Gasteiger partial charge in [-0.05, 0) is 12.8 Å². The molecule has 0 spiro atoms. The fourth-order valence-electron chi connectivity index (χ4n) is 1.14. The molecule has 2 N–H and O–H groups in total. The van der Waals surface area contributed by atoms with Gasteiger partial charge in [0, 0.05) is 24.4 Å². The highest BCUT2D eigenvalue weighted by Gasteiger charge is 2.24. The lowest BCUT2D eigenvalue weighted by Crippen LogP contribution is -2.38. The lowest BCUT2D eigenvalue weighted by molar-refractivity contribution is 0.0266. The van der Waals surface area contributed by atoms with E-state index in [9.17, 15) is 18.3 Å². The number of rotatable bonds is 4. The molecule has 0 fully saturated rings. The van der Waals surface area contributed by atoms with Crippen LogP contribution in [0, 0.1) is 23.4 Å². The van der Waals surface area contributed by atoms with Crippen LogP contribution in [0.5, 0.6) is 0 Å². The third-order valence-electron chi connectivity index (χ3n) is 2.88. The van der Waals surface area contributed by atoms with Gasteiger partial charge >= 0.3 is 0 Å². The van der Waals surface area contributed by atoms with Crippen LogP contribution >= 0.6 is 0 Å². The lowest BCUT2D eigenvalue weighted by atomic mass is 9.92. The van der Waals surface area contributed by atoms with Gasteiger partial charge in [0.2, 0.25) is 0 Å². The van der Waals surface area contributed by atoms with Crippen LogP contribution < -0.4 is 5.32 Å². The van der Waals surface area contributed by atoms with Gasteiger partial charge in [0.05, 0.1) is 5.60 Å². The zero-order valence-electron chi connectivity index (χ0n) is 10.0. The molecule has 1 unspecified atom stereocenters. The normalized spacial score (nSPS) is 14.8. The number of halogens is 3. The maximum atomic E-state index is 12.9. The van der Waals surface area contributed by atoms with E-state index in [0.29, 0.717) is 0 Å². The van der Waals surface area contributed by atoms with Gasteiger partial charge in [-0.15, -0.1) is 0 Å². The molecular formula is C12H16F3NO. The highest BCUT2D eigenvalue weighted by Crippen LogP contribution is 2.20. The standard InChI is InChI=1S/C12H16F3NO/c1-7(2)12(3,17)6-16-8-4-9(13)11(15)10(14)5-8/h4-5,7,16-17H,6H2,1-3H3. The maximum Gasteiger partial charge on any atom is 0.194 e. The predicted molar refractivity (Wildman–Crippen MR) is 60.3 cm³/mol. The topological polar surface area (TPSA) is 32.3 Å². The minimum atomic E-state index is -1.49. The van der Waals surface area contributed by atoms with Crippen molar-refractivity contribution in [2.75, 3.05) is 11.9 Å². The first-order valence-electron chi connectivity index (χ1n) is 5.35. The van der Waals surface area contributed by atoms with E-state index >= 15 is 0 Å². The van der Waals surface area contributed by atoms with E-state index in [-0.39, 0.29) is 18.2 Å². The molecule has 5 heteroatoms. The van der Waals surface area contributed by atoms with Crippen LogP contribution in [0.1, 0.15) is 20.8 Å². The Labute approximate surface area is 98.5 Å². The van der Waals surface area contributed by atoms with E-state index in [1.165, 1.54) is 0 Å². The van der Waals surface area contributed by atoms with Gasteiger partial charge in [0.1, 0.15) is 0 Å². The molecule has 0 aliphatic rings. The third kappa shape index (κ3) is 3.36. The van der Waals surface area contributed by atoms with Crippen LogP contribution in [0.3, 0.4) is 0 Å². The van der Waals surface area contributed by atoms with Gasteiger partial charge in [-0.2, -0.15) is 0 Å². The van der Waals surface area contributed by atoms with Gasteiger partial charge in [-0.3, -0.25) is 0 Å². The summed E-state index contributed by atoms with van der Waals surface area (Å²) in [6, 6.07) is 1.71. The summed E-state index contributed by atoms with van der Waals surface area (Å²) in [5.74, 6) is -4.02. The Morgan fingerprint density at radius 2 is 1.71 bits per heavy atom. The lowest BCUT2D eigenvalue weighted by Gasteiger charge is -2.28. The Morgan fingerprint density at radius 1 is 1.24 bits per heavy atom. The first-order valence-corrected chi connectivity index (χ1v) is 5.35. The second-order valence-electron chi connectivity index (χ2n) is 4.62. The molecule has 96 valence electrons. The molecular weight excluding hydrogens is 231 g/mol. The number of hydrogen-bond acceptors (Lipinski definition) is 2. The second kappa shape index (κ2) is 4.96. The Bertz CT molecular complexity index is 382. The molecule has 0 radical (unpaired) electrons. The van der Waals surface area contributed by atoms with Crippen molar-refractivity contribution in [2.24, 2.45) is 5.92 Å². The van der Waals surface area contributed by atoms with Crippen molar-refractivity contribution in [1.82, 2.24) is 0 Å². The third-order valence-corrected chi connectivity index (χ3v) is 2.88. The Morgan fingerprint density at radius 3 is 2.12 bits per heavy atom. The second-order valence-corrected chi connectivity index (χ2v) is 4.62. The fraction of sp³-hybridized carbons (Fsp3) is 0.500. The minimum absolute atomic E-state index is 0.0230. The highest BCUT2D eigenvalue weighted by molar-refractivity contribution is 5.44. The molecule has 0 aromatic heterocycles. The van der Waals surface area contributed by atoms with Crippen molar-refractivity contribution in [3.05, 3.63) is 29.6 Å². The largest absolute Gasteiger partial charge is 0.388 e. The maximum absolute atomic E-state index is 12.9.